The number of amides is 2. The van der Waals surface area contributed by atoms with Crippen molar-refractivity contribution in [3.63, 3.8) is 0 Å². The maximum atomic E-state index is 13.7. The van der Waals surface area contributed by atoms with E-state index in [1.54, 1.807) is 51.8 Å². The molecular weight excluding hydrogens is 572 g/mol. The molecule has 11 nitrogen and oxygen atoms in total. The third-order valence-electron chi connectivity index (χ3n) is 6.87. The zero-order valence-electron chi connectivity index (χ0n) is 26.2. The molecule has 0 saturated carbocycles. The second-order valence-corrected chi connectivity index (χ2v) is 12.1. The van der Waals surface area contributed by atoms with Gasteiger partial charge < -0.3 is 23.8 Å². The molecule has 0 aliphatic heterocycles. The van der Waals surface area contributed by atoms with Gasteiger partial charge in [-0.3, -0.25) is 4.79 Å². The van der Waals surface area contributed by atoms with Crippen molar-refractivity contribution >= 4 is 12.0 Å². The van der Waals surface area contributed by atoms with Crippen LogP contribution in [-0.2, 0) is 23.2 Å². The summed E-state index contributed by atoms with van der Waals surface area (Å²) in [5, 5.41) is 11.5. The van der Waals surface area contributed by atoms with Gasteiger partial charge in [0.15, 0.2) is 0 Å². The van der Waals surface area contributed by atoms with E-state index in [-0.39, 0.29) is 29.3 Å². The number of hydrogen-bond acceptors (Lipinski definition) is 9. The van der Waals surface area contributed by atoms with Crippen molar-refractivity contribution in [3.8, 4) is 23.2 Å². The van der Waals surface area contributed by atoms with E-state index >= 15 is 0 Å². The summed E-state index contributed by atoms with van der Waals surface area (Å²) in [6, 6.07) is 20.8. The quantitative estimate of drug-likeness (QED) is 0.203. The first kappa shape index (κ1) is 31.1. The lowest BCUT2D eigenvalue weighted by molar-refractivity contribution is 0.0443. The number of pyridine rings is 1. The largest absolute Gasteiger partial charge is 0.444 e. The molecule has 0 aliphatic rings. The standard InChI is InChI=1S/C34H36N6O5/c1-22-11-10-14-24(17-22)21-40(6)30(41)25-18-26(28-35-15-16-43-28)36-27(19-25)29-38-39-31(44-29)34(5,20-23-12-8-7-9-13-23)37-32(42)45-33(2,3)4/h7-19H,20-21H2,1-6H3,(H,37,42)/t34-/m1/s1. The molecule has 0 unspecified atom stereocenters. The number of nitrogens with zero attached hydrogens (tertiary/aromatic N) is 5. The fourth-order valence-electron chi connectivity index (χ4n) is 4.86. The van der Waals surface area contributed by atoms with Crippen LogP contribution in [0.1, 0.15) is 60.6 Å². The average Bonchev–Trinajstić information content (AvgIpc) is 3.70. The summed E-state index contributed by atoms with van der Waals surface area (Å²) in [5.41, 5.74) is 2.10. The predicted octanol–water partition coefficient (Wildman–Crippen LogP) is 6.35. The summed E-state index contributed by atoms with van der Waals surface area (Å²) >= 11 is 0. The number of benzene rings is 2. The Kier molecular flexibility index (Phi) is 8.80. The lowest BCUT2D eigenvalue weighted by Gasteiger charge is -2.29. The summed E-state index contributed by atoms with van der Waals surface area (Å²) in [6.07, 6.45) is 2.63. The lowest BCUT2D eigenvalue weighted by atomic mass is 9.92. The predicted molar refractivity (Wildman–Crippen MR) is 167 cm³/mol. The van der Waals surface area contributed by atoms with E-state index < -0.39 is 17.2 Å². The van der Waals surface area contributed by atoms with E-state index in [0.29, 0.717) is 24.2 Å². The Hall–Kier alpha value is -5.32. The van der Waals surface area contributed by atoms with Crippen LogP contribution in [0.4, 0.5) is 4.79 Å². The zero-order valence-corrected chi connectivity index (χ0v) is 26.2. The molecule has 0 radical (unpaired) electrons. The van der Waals surface area contributed by atoms with E-state index in [0.717, 1.165) is 16.7 Å². The minimum Gasteiger partial charge on any atom is -0.444 e. The fraction of sp³-hybridized carbons (Fsp3) is 0.294. The van der Waals surface area contributed by atoms with Crippen LogP contribution in [0.5, 0.6) is 0 Å². The number of aryl methyl sites for hydroxylation is 1. The number of nitrogens with one attached hydrogen (secondary N) is 1. The van der Waals surface area contributed by atoms with Crippen molar-refractivity contribution in [2.45, 2.75) is 58.7 Å². The molecule has 5 rings (SSSR count). The zero-order chi connectivity index (χ0) is 32.2. The molecule has 5 aromatic rings. The SMILES string of the molecule is Cc1cccc(CN(C)C(=O)c2cc(-c3ncco3)nc(-c3nnc([C@@](C)(Cc4ccccc4)NC(=O)OC(C)(C)C)o3)c2)c1. The smallest absolute Gasteiger partial charge is 0.408 e. The molecule has 3 heterocycles. The van der Waals surface area contributed by atoms with Gasteiger partial charge in [0.25, 0.3) is 11.8 Å². The molecular formula is C34H36N6O5. The number of alkyl carbamates (subject to hydrolysis) is 1. The van der Waals surface area contributed by atoms with Gasteiger partial charge in [0.05, 0.1) is 6.20 Å². The van der Waals surface area contributed by atoms with Crippen molar-refractivity contribution < 1.29 is 23.2 Å². The Morgan fingerprint density at radius 3 is 2.29 bits per heavy atom. The first-order valence-corrected chi connectivity index (χ1v) is 14.5. The van der Waals surface area contributed by atoms with Crippen molar-refractivity contribution in [3.05, 3.63) is 107 Å². The normalized spacial score (nSPS) is 12.8. The molecule has 232 valence electrons. The number of carbonyl (C=O) groups excluding carboxylic acids is 2. The number of oxazole rings is 1. The van der Waals surface area contributed by atoms with Crippen LogP contribution in [0.25, 0.3) is 23.2 Å². The number of ether oxygens (including phenoxy) is 1. The van der Waals surface area contributed by atoms with Gasteiger partial charge in [-0.2, -0.15) is 0 Å². The first-order chi connectivity index (χ1) is 21.4. The van der Waals surface area contributed by atoms with E-state index in [1.807, 2.05) is 61.5 Å². The monoisotopic (exact) mass is 608 g/mol. The fourth-order valence-corrected chi connectivity index (χ4v) is 4.86. The molecule has 1 N–H and O–H groups in total. The molecule has 45 heavy (non-hydrogen) atoms. The molecule has 0 bridgehead atoms. The minimum atomic E-state index is -1.14. The summed E-state index contributed by atoms with van der Waals surface area (Å²) in [6.45, 7) is 9.56. The average molecular weight is 609 g/mol. The molecule has 1 atom stereocenters. The first-order valence-electron chi connectivity index (χ1n) is 14.5. The van der Waals surface area contributed by atoms with Crippen molar-refractivity contribution in [1.29, 1.82) is 0 Å². The molecule has 11 heteroatoms. The van der Waals surface area contributed by atoms with Gasteiger partial charge >= 0.3 is 6.09 Å². The second-order valence-electron chi connectivity index (χ2n) is 12.1. The van der Waals surface area contributed by atoms with Crippen LogP contribution in [-0.4, -0.2) is 49.7 Å². The van der Waals surface area contributed by atoms with Crippen LogP contribution in [0.2, 0.25) is 0 Å². The molecule has 3 aromatic heterocycles. The molecule has 2 amide bonds. The van der Waals surface area contributed by atoms with Gasteiger partial charge in [-0.15, -0.1) is 10.2 Å². The number of hydrogen-bond donors (Lipinski definition) is 1. The highest BCUT2D eigenvalue weighted by Crippen LogP contribution is 2.30. The Morgan fingerprint density at radius 1 is 0.911 bits per heavy atom. The number of aromatic nitrogens is 4. The van der Waals surface area contributed by atoms with Crippen LogP contribution in [0.3, 0.4) is 0 Å². The third-order valence-corrected chi connectivity index (χ3v) is 6.87. The van der Waals surface area contributed by atoms with Gasteiger partial charge in [-0.1, -0.05) is 60.2 Å². The summed E-state index contributed by atoms with van der Waals surface area (Å²) in [5.74, 6) is 0.180. The van der Waals surface area contributed by atoms with Crippen LogP contribution >= 0.6 is 0 Å². The Morgan fingerprint density at radius 2 is 1.62 bits per heavy atom. The molecule has 0 aliphatic carbocycles. The van der Waals surface area contributed by atoms with Crippen molar-refractivity contribution in [2.24, 2.45) is 0 Å². The molecule has 2 aromatic carbocycles. The van der Waals surface area contributed by atoms with Crippen molar-refractivity contribution in [1.82, 2.24) is 30.4 Å². The van der Waals surface area contributed by atoms with Gasteiger partial charge in [0, 0.05) is 25.6 Å². The second kappa shape index (κ2) is 12.7. The lowest BCUT2D eigenvalue weighted by Crippen LogP contribution is -2.47. The maximum absolute atomic E-state index is 13.7. The summed E-state index contributed by atoms with van der Waals surface area (Å²) in [7, 11) is 1.73. The molecule has 0 spiro atoms. The summed E-state index contributed by atoms with van der Waals surface area (Å²) < 4.78 is 17.2. The third kappa shape index (κ3) is 7.80. The Balaban J connectivity index is 1.50. The van der Waals surface area contributed by atoms with Crippen LogP contribution < -0.4 is 5.32 Å². The van der Waals surface area contributed by atoms with Gasteiger partial charge in [-0.25, -0.2) is 14.8 Å². The van der Waals surface area contributed by atoms with Crippen LogP contribution in [0.15, 0.2) is 88.0 Å². The highest BCUT2D eigenvalue weighted by molar-refractivity contribution is 5.95. The summed E-state index contributed by atoms with van der Waals surface area (Å²) in [4.78, 5) is 37.1. The minimum absolute atomic E-state index is 0.0547. The highest BCUT2D eigenvalue weighted by Gasteiger charge is 2.37. The van der Waals surface area contributed by atoms with Crippen LogP contribution in [0, 0.1) is 6.92 Å². The van der Waals surface area contributed by atoms with Crippen molar-refractivity contribution in [2.75, 3.05) is 7.05 Å². The topological polar surface area (TPSA) is 136 Å². The van der Waals surface area contributed by atoms with Gasteiger partial charge in [-0.05, 0) is 57.9 Å². The van der Waals surface area contributed by atoms with E-state index in [2.05, 4.69) is 25.5 Å². The van der Waals surface area contributed by atoms with Gasteiger partial charge in [0.2, 0.25) is 11.8 Å². The van der Waals surface area contributed by atoms with E-state index in [1.165, 1.54) is 12.5 Å². The van der Waals surface area contributed by atoms with E-state index in [9.17, 15) is 9.59 Å². The van der Waals surface area contributed by atoms with Gasteiger partial charge in [0.1, 0.15) is 28.8 Å². The number of carbonyl (C=O) groups is 2. The highest BCUT2D eigenvalue weighted by atomic mass is 16.6. The Bertz CT molecular complexity index is 1780. The molecule has 0 saturated heterocycles. The Labute approximate surface area is 261 Å². The van der Waals surface area contributed by atoms with E-state index in [4.69, 9.17) is 13.6 Å². The number of rotatable bonds is 9. The maximum Gasteiger partial charge on any atom is 0.408 e. The molecule has 0 fully saturated rings.